The second-order valence-corrected chi connectivity index (χ2v) is 5.31. The lowest BCUT2D eigenvalue weighted by Gasteiger charge is -2.03. The summed E-state index contributed by atoms with van der Waals surface area (Å²) >= 11 is 1.44. The lowest BCUT2D eigenvalue weighted by atomic mass is 10.2. The van der Waals surface area contributed by atoms with E-state index in [0.717, 1.165) is 17.0 Å². The number of anilines is 2. The van der Waals surface area contributed by atoms with Crippen LogP contribution in [0.2, 0.25) is 0 Å². The highest BCUT2D eigenvalue weighted by molar-refractivity contribution is 7.15. The van der Waals surface area contributed by atoms with Crippen molar-refractivity contribution in [2.24, 2.45) is 0 Å². The first kappa shape index (κ1) is 13.4. The highest BCUT2D eigenvalue weighted by Gasteiger charge is 2.12. The van der Waals surface area contributed by atoms with Crippen LogP contribution >= 0.6 is 11.3 Å². The predicted octanol–water partition coefficient (Wildman–Crippen LogP) is 2.55. The molecular weight excluding hydrogens is 262 g/mol. The number of phenols is 1. The van der Waals surface area contributed by atoms with Crippen molar-refractivity contribution >= 4 is 28.1 Å². The normalized spacial score (nSPS) is 10.4. The molecule has 0 bridgehead atoms. The van der Waals surface area contributed by atoms with Crippen molar-refractivity contribution in [3.63, 3.8) is 0 Å². The number of hydrogen-bond donors (Lipinski definition) is 3. The van der Waals surface area contributed by atoms with Gasteiger partial charge in [0, 0.05) is 10.4 Å². The molecule has 0 aliphatic heterocycles. The summed E-state index contributed by atoms with van der Waals surface area (Å²) in [5, 5.41) is 12.8. The van der Waals surface area contributed by atoms with E-state index in [-0.39, 0.29) is 17.3 Å². The summed E-state index contributed by atoms with van der Waals surface area (Å²) in [5.74, 6) is -0.413. The standard InChI is InChI=1S/C13H15N3O2S/c1-3-10-7(2)19-13(15-10)16-12(18)8-4-5-9(14)11(17)6-8/h4-6,17H,3,14H2,1-2H3,(H,15,16,18). The average Bonchev–Trinajstić information content (AvgIpc) is 2.72. The summed E-state index contributed by atoms with van der Waals surface area (Å²) in [6.45, 7) is 3.99. The molecule has 0 unspecified atom stereocenters. The van der Waals surface area contributed by atoms with Crippen LogP contribution < -0.4 is 11.1 Å². The van der Waals surface area contributed by atoms with Crippen LogP contribution in [0.15, 0.2) is 18.2 Å². The molecule has 2 aromatic rings. The first-order valence-corrected chi connectivity index (χ1v) is 6.69. The number of aromatic hydroxyl groups is 1. The number of nitrogens with one attached hydrogen (secondary N) is 1. The minimum Gasteiger partial charge on any atom is -0.506 e. The third-order valence-corrected chi connectivity index (χ3v) is 3.67. The van der Waals surface area contributed by atoms with Gasteiger partial charge in [-0.1, -0.05) is 6.92 Å². The predicted molar refractivity (Wildman–Crippen MR) is 76.7 cm³/mol. The zero-order valence-corrected chi connectivity index (χ0v) is 11.5. The summed E-state index contributed by atoms with van der Waals surface area (Å²) in [6, 6.07) is 4.40. The van der Waals surface area contributed by atoms with E-state index < -0.39 is 0 Å². The maximum Gasteiger partial charge on any atom is 0.257 e. The quantitative estimate of drug-likeness (QED) is 0.594. The molecule has 0 saturated carbocycles. The van der Waals surface area contributed by atoms with Crippen LogP contribution in [0.3, 0.4) is 0 Å². The maximum atomic E-state index is 12.0. The third-order valence-electron chi connectivity index (χ3n) is 2.74. The number of amides is 1. The van der Waals surface area contributed by atoms with E-state index in [1.165, 1.54) is 23.5 Å². The van der Waals surface area contributed by atoms with Crippen molar-refractivity contribution < 1.29 is 9.90 Å². The Morgan fingerprint density at radius 3 is 2.84 bits per heavy atom. The minimum absolute atomic E-state index is 0.0998. The molecule has 1 amide bonds. The number of carbonyl (C=O) groups is 1. The van der Waals surface area contributed by atoms with Gasteiger partial charge in [0.25, 0.3) is 5.91 Å². The van der Waals surface area contributed by atoms with Crippen molar-refractivity contribution in [2.45, 2.75) is 20.3 Å². The van der Waals surface area contributed by atoms with E-state index in [1.807, 2.05) is 13.8 Å². The van der Waals surface area contributed by atoms with Crippen LogP contribution in [0, 0.1) is 6.92 Å². The average molecular weight is 277 g/mol. The molecule has 4 N–H and O–H groups in total. The molecule has 1 heterocycles. The molecule has 5 nitrogen and oxygen atoms in total. The summed E-state index contributed by atoms with van der Waals surface area (Å²) in [7, 11) is 0. The van der Waals surface area contributed by atoms with Gasteiger partial charge in [-0.05, 0) is 31.5 Å². The van der Waals surface area contributed by atoms with E-state index in [2.05, 4.69) is 10.3 Å². The van der Waals surface area contributed by atoms with Gasteiger partial charge in [-0.25, -0.2) is 4.98 Å². The number of aromatic nitrogens is 1. The second-order valence-electron chi connectivity index (χ2n) is 4.10. The summed E-state index contributed by atoms with van der Waals surface area (Å²) in [6.07, 6.45) is 0.834. The first-order chi connectivity index (χ1) is 9.01. The van der Waals surface area contributed by atoms with Crippen LogP contribution in [0.25, 0.3) is 0 Å². The summed E-state index contributed by atoms with van der Waals surface area (Å²) in [5.41, 5.74) is 7.07. The van der Waals surface area contributed by atoms with E-state index in [9.17, 15) is 9.90 Å². The topological polar surface area (TPSA) is 88.2 Å². The largest absolute Gasteiger partial charge is 0.506 e. The number of benzene rings is 1. The van der Waals surface area contributed by atoms with Crippen molar-refractivity contribution in [2.75, 3.05) is 11.1 Å². The van der Waals surface area contributed by atoms with Crippen LogP contribution in [0.4, 0.5) is 10.8 Å². The molecule has 0 aliphatic carbocycles. The molecule has 100 valence electrons. The minimum atomic E-state index is -0.313. The Balaban J connectivity index is 2.18. The molecule has 0 spiro atoms. The zero-order chi connectivity index (χ0) is 14.0. The number of nitrogens with two attached hydrogens (primary N) is 1. The smallest absolute Gasteiger partial charge is 0.257 e. The lowest BCUT2D eigenvalue weighted by Crippen LogP contribution is -2.11. The molecule has 2 rings (SSSR count). The van der Waals surface area contributed by atoms with Gasteiger partial charge in [-0.3, -0.25) is 10.1 Å². The lowest BCUT2D eigenvalue weighted by molar-refractivity contribution is 0.102. The molecule has 0 saturated heterocycles. The SMILES string of the molecule is CCc1nc(NC(=O)c2ccc(N)c(O)c2)sc1C. The van der Waals surface area contributed by atoms with Gasteiger partial charge in [0.05, 0.1) is 11.4 Å². The van der Waals surface area contributed by atoms with Gasteiger partial charge in [-0.15, -0.1) is 11.3 Å². The Kier molecular flexibility index (Phi) is 3.71. The Labute approximate surface area is 115 Å². The van der Waals surface area contributed by atoms with Crippen LogP contribution in [0.5, 0.6) is 5.75 Å². The van der Waals surface area contributed by atoms with E-state index in [4.69, 9.17) is 5.73 Å². The molecule has 0 aliphatic rings. The molecule has 19 heavy (non-hydrogen) atoms. The Morgan fingerprint density at radius 1 is 1.53 bits per heavy atom. The molecule has 0 fully saturated rings. The van der Waals surface area contributed by atoms with Gasteiger partial charge in [0.1, 0.15) is 5.75 Å². The molecule has 1 aromatic heterocycles. The molecule has 1 aromatic carbocycles. The van der Waals surface area contributed by atoms with Crippen molar-refractivity contribution in [3.8, 4) is 5.75 Å². The van der Waals surface area contributed by atoms with Crippen LogP contribution in [-0.2, 0) is 6.42 Å². The van der Waals surface area contributed by atoms with Crippen molar-refractivity contribution in [1.82, 2.24) is 4.98 Å². The second kappa shape index (κ2) is 5.27. The summed E-state index contributed by atoms with van der Waals surface area (Å²) in [4.78, 5) is 17.4. The van der Waals surface area contributed by atoms with E-state index >= 15 is 0 Å². The zero-order valence-electron chi connectivity index (χ0n) is 10.7. The number of nitrogen functional groups attached to an aromatic ring is 1. The van der Waals surface area contributed by atoms with Crippen molar-refractivity contribution in [3.05, 3.63) is 34.3 Å². The Hall–Kier alpha value is -2.08. The van der Waals surface area contributed by atoms with E-state index in [0.29, 0.717) is 10.7 Å². The molecule has 0 atom stereocenters. The first-order valence-electron chi connectivity index (χ1n) is 5.87. The highest BCUT2D eigenvalue weighted by atomic mass is 32.1. The maximum absolute atomic E-state index is 12.0. The fraction of sp³-hybridized carbons (Fsp3) is 0.231. The monoisotopic (exact) mass is 277 g/mol. The van der Waals surface area contributed by atoms with Gasteiger partial charge in [0.15, 0.2) is 5.13 Å². The highest BCUT2D eigenvalue weighted by Crippen LogP contribution is 2.24. The Morgan fingerprint density at radius 2 is 2.26 bits per heavy atom. The number of carbonyl (C=O) groups excluding carboxylic acids is 1. The number of nitrogens with zero attached hydrogens (tertiary/aromatic N) is 1. The van der Waals surface area contributed by atoms with E-state index in [1.54, 1.807) is 6.07 Å². The number of rotatable bonds is 3. The molecule has 0 radical (unpaired) electrons. The van der Waals surface area contributed by atoms with Crippen LogP contribution in [0.1, 0.15) is 27.9 Å². The van der Waals surface area contributed by atoms with Gasteiger partial charge in [-0.2, -0.15) is 0 Å². The van der Waals surface area contributed by atoms with Crippen LogP contribution in [-0.4, -0.2) is 16.0 Å². The number of aryl methyl sites for hydroxylation is 2. The van der Waals surface area contributed by atoms with Gasteiger partial charge >= 0.3 is 0 Å². The number of thiazole rings is 1. The number of hydrogen-bond acceptors (Lipinski definition) is 5. The van der Waals surface area contributed by atoms with Gasteiger partial charge in [0.2, 0.25) is 0 Å². The van der Waals surface area contributed by atoms with Gasteiger partial charge < -0.3 is 10.8 Å². The fourth-order valence-electron chi connectivity index (χ4n) is 1.66. The molecule has 6 heteroatoms. The summed E-state index contributed by atoms with van der Waals surface area (Å²) < 4.78 is 0. The van der Waals surface area contributed by atoms with Crippen molar-refractivity contribution in [1.29, 1.82) is 0 Å². The fourth-order valence-corrected chi connectivity index (χ4v) is 2.56. The third kappa shape index (κ3) is 2.85. The molecular formula is C13H15N3O2S. The number of phenolic OH excluding ortho intramolecular Hbond substituents is 1. The Bertz CT molecular complexity index is 622.